The third-order valence-corrected chi connectivity index (χ3v) is 16.5. The Morgan fingerprint density at radius 1 is 0.261 bits per heavy atom. The maximum absolute atomic E-state index is 13.7. The molecule has 650 valence electrons. The number of amides is 7. The molecule has 0 aromatic carbocycles. The van der Waals surface area contributed by atoms with Crippen molar-refractivity contribution in [3.63, 3.8) is 0 Å². The Hall–Kier alpha value is -6.41. The molecule has 31 nitrogen and oxygen atoms in total. The molecule has 7 N–H and O–H groups in total. The summed E-state index contributed by atoms with van der Waals surface area (Å²) >= 11 is 0. The number of carbonyl (C=O) groups excluding carboxylic acids is 9. The smallest absolute Gasteiger partial charge is 0.407 e. The predicted molar refractivity (Wildman–Crippen MR) is 431 cm³/mol. The highest BCUT2D eigenvalue weighted by Crippen LogP contribution is 2.16. The van der Waals surface area contributed by atoms with Crippen molar-refractivity contribution >= 4 is 54.6 Å². The molecule has 0 spiro atoms. The molecule has 0 aliphatic rings. The van der Waals surface area contributed by atoms with Crippen LogP contribution in [0.4, 0.5) is 33.6 Å². The van der Waals surface area contributed by atoms with Gasteiger partial charge >= 0.3 is 54.6 Å². The van der Waals surface area contributed by atoms with Gasteiger partial charge in [0.2, 0.25) is 0 Å². The van der Waals surface area contributed by atoms with Gasteiger partial charge in [0.25, 0.3) is 0 Å². The zero-order chi connectivity index (χ0) is 83.2. The highest BCUT2D eigenvalue weighted by atomic mass is 16.6. The van der Waals surface area contributed by atoms with E-state index < -0.39 is 102 Å². The van der Waals surface area contributed by atoms with Gasteiger partial charge in [0.05, 0.1) is 26.4 Å². The molecular formula is C80H155N11O20. The van der Waals surface area contributed by atoms with Gasteiger partial charge in [-0.05, 0) is 228 Å². The quantitative estimate of drug-likeness (QED) is 0.0169. The molecule has 0 aliphatic heterocycles. The van der Waals surface area contributed by atoms with Crippen LogP contribution in [-0.2, 0) is 61.7 Å². The van der Waals surface area contributed by atoms with Gasteiger partial charge in [0.15, 0.2) is 12.2 Å². The molecule has 0 bridgehead atoms. The first-order chi connectivity index (χ1) is 52.4. The summed E-state index contributed by atoms with van der Waals surface area (Å²) in [5.74, 6) is -0.985. The molecule has 31 heteroatoms. The summed E-state index contributed by atoms with van der Waals surface area (Å²) < 4.78 is 62.4. The van der Waals surface area contributed by atoms with Crippen LogP contribution >= 0.6 is 0 Å². The summed E-state index contributed by atoms with van der Waals surface area (Å²) in [4.78, 5) is 123. The van der Waals surface area contributed by atoms with Crippen molar-refractivity contribution in [3.8, 4) is 0 Å². The molecule has 7 amide bonds. The highest BCUT2D eigenvalue weighted by molar-refractivity contribution is 5.71. The van der Waals surface area contributed by atoms with Gasteiger partial charge in [0.1, 0.15) is 41.7 Å². The number of nitrogens with zero attached hydrogens (tertiary/aromatic N) is 4. The first kappa shape index (κ1) is 105. The third-order valence-electron chi connectivity index (χ3n) is 16.5. The van der Waals surface area contributed by atoms with E-state index in [1.807, 2.05) is 28.2 Å². The Morgan fingerprint density at radius 3 is 0.793 bits per heavy atom. The number of rotatable bonds is 64. The molecule has 0 saturated heterocycles. The van der Waals surface area contributed by atoms with Gasteiger partial charge in [-0.25, -0.2) is 33.6 Å². The number of unbranched alkanes of at least 4 members (excludes halogenated alkanes) is 15. The van der Waals surface area contributed by atoms with E-state index in [1.165, 1.54) is 64.2 Å². The number of esters is 2. The fourth-order valence-electron chi connectivity index (χ4n) is 10.9. The van der Waals surface area contributed by atoms with Crippen LogP contribution in [0.5, 0.6) is 0 Å². The van der Waals surface area contributed by atoms with E-state index in [0.29, 0.717) is 143 Å². The van der Waals surface area contributed by atoms with Crippen molar-refractivity contribution in [1.29, 1.82) is 0 Å². The van der Waals surface area contributed by atoms with Gasteiger partial charge in [-0.2, -0.15) is 0 Å². The van der Waals surface area contributed by atoms with Crippen LogP contribution in [0, 0.1) is 0 Å². The van der Waals surface area contributed by atoms with Crippen molar-refractivity contribution in [1.82, 2.24) is 56.8 Å². The summed E-state index contributed by atoms with van der Waals surface area (Å²) in [5, 5.41) is 19.3. The van der Waals surface area contributed by atoms with Gasteiger partial charge in [0, 0.05) is 58.7 Å². The van der Waals surface area contributed by atoms with Crippen molar-refractivity contribution in [2.24, 2.45) is 0 Å². The first-order valence-corrected chi connectivity index (χ1v) is 41.3. The van der Waals surface area contributed by atoms with E-state index in [0.717, 1.165) is 25.7 Å². The third kappa shape index (κ3) is 73.5. The Kier molecular flexibility index (Phi) is 60.2. The number of ether oxygens (including phenoxy) is 11. The molecule has 0 saturated carbocycles. The normalized spacial score (nSPS) is 12.7. The molecule has 3 atom stereocenters. The minimum atomic E-state index is -1.13. The van der Waals surface area contributed by atoms with Crippen LogP contribution in [-0.4, -0.2) is 281 Å². The second-order valence-corrected chi connectivity index (χ2v) is 32.9. The van der Waals surface area contributed by atoms with E-state index in [2.05, 4.69) is 63.7 Å². The maximum atomic E-state index is 13.7. The van der Waals surface area contributed by atoms with E-state index in [9.17, 15) is 43.2 Å². The van der Waals surface area contributed by atoms with Crippen molar-refractivity contribution in [3.05, 3.63) is 0 Å². The SMILES string of the molecule is CCCCCCCCCCCCCCCCCC(=O)OC(COCC(COC(=O)CCCCN(C)CCCNC(=O)OC(C)(C)C)OC(=O)NCCCN(C)CCCNC(=O)OC(C)(C)C)COCC(COC(=O)NCCCN(C)CCCNC(=O)OC(C)(C)C)OC(=O)NCCCN(C)CCCNC(=O)OC(C)(C)C. The number of nitrogens with one attached hydrogen (secondary N) is 7. The summed E-state index contributed by atoms with van der Waals surface area (Å²) in [6.07, 6.45) is 16.0. The summed E-state index contributed by atoms with van der Waals surface area (Å²) in [5.41, 5.74) is -2.39. The van der Waals surface area contributed by atoms with Crippen molar-refractivity contribution < 1.29 is 95.3 Å². The van der Waals surface area contributed by atoms with Gasteiger partial charge < -0.3 is 109 Å². The first-order valence-electron chi connectivity index (χ1n) is 41.3. The zero-order valence-electron chi connectivity index (χ0n) is 71.9. The molecule has 111 heavy (non-hydrogen) atoms. The topological polar surface area (TPSA) is 352 Å². The fraction of sp³-hybridized carbons (Fsp3) is 0.887. The largest absolute Gasteiger partial charge is 0.462 e. The average Bonchev–Trinajstić information content (AvgIpc) is 1.02. The minimum absolute atomic E-state index is 0.101. The molecule has 0 rings (SSSR count). The molecule has 3 unspecified atom stereocenters. The van der Waals surface area contributed by atoms with Crippen LogP contribution in [0.15, 0.2) is 0 Å². The second kappa shape index (κ2) is 63.9. The monoisotopic (exact) mass is 1590 g/mol. The maximum Gasteiger partial charge on any atom is 0.407 e. The van der Waals surface area contributed by atoms with E-state index in [4.69, 9.17) is 52.1 Å². The molecule has 0 aromatic rings. The number of carbonyl (C=O) groups is 9. The van der Waals surface area contributed by atoms with Crippen LogP contribution in [0.3, 0.4) is 0 Å². The molecular weight excluding hydrogens is 1430 g/mol. The molecule has 0 fully saturated rings. The Morgan fingerprint density at radius 2 is 0.495 bits per heavy atom. The number of alkyl carbamates (subject to hydrolysis) is 7. The number of hydrogen-bond acceptors (Lipinski definition) is 24. The summed E-state index contributed by atoms with van der Waals surface area (Å²) in [6, 6.07) is 0. The lowest BCUT2D eigenvalue weighted by Gasteiger charge is -2.23. The van der Waals surface area contributed by atoms with E-state index in [-0.39, 0.29) is 65.5 Å². The molecule has 0 radical (unpaired) electrons. The summed E-state index contributed by atoms with van der Waals surface area (Å²) in [6.45, 7) is 29.9. The fourth-order valence-corrected chi connectivity index (χ4v) is 10.9. The van der Waals surface area contributed by atoms with Crippen LogP contribution in [0.25, 0.3) is 0 Å². The van der Waals surface area contributed by atoms with Gasteiger partial charge in [-0.3, -0.25) is 9.59 Å². The van der Waals surface area contributed by atoms with Gasteiger partial charge in [-0.15, -0.1) is 0 Å². The van der Waals surface area contributed by atoms with Crippen molar-refractivity contribution in [2.75, 3.05) is 166 Å². The molecule has 0 aromatic heterocycles. The predicted octanol–water partition coefficient (Wildman–Crippen LogP) is 12.4. The van der Waals surface area contributed by atoms with Gasteiger partial charge in [-0.1, -0.05) is 96.8 Å². The van der Waals surface area contributed by atoms with Crippen molar-refractivity contribution in [2.45, 2.75) is 298 Å². The lowest BCUT2D eigenvalue weighted by Crippen LogP contribution is -2.39. The lowest BCUT2D eigenvalue weighted by molar-refractivity contribution is -0.159. The Bertz CT molecular complexity index is 2320. The molecule has 0 heterocycles. The van der Waals surface area contributed by atoms with E-state index >= 15 is 0 Å². The van der Waals surface area contributed by atoms with Crippen LogP contribution in [0.1, 0.15) is 257 Å². The Balaban J connectivity index is 6.36. The minimum Gasteiger partial charge on any atom is -0.462 e. The number of hydrogen-bond donors (Lipinski definition) is 7. The highest BCUT2D eigenvalue weighted by Gasteiger charge is 2.25. The lowest BCUT2D eigenvalue weighted by atomic mass is 10.0. The van der Waals surface area contributed by atoms with Crippen LogP contribution in [0.2, 0.25) is 0 Å². The second-order valence-electron chi connectivity index (χ2n) is 32.9. The summed E-state index contributed by atoms with van der Waals surface area (Å²) in [7, 11) is 7.77. The van der Waals surface area contributed by atoms with E-state index in [1.54, 1.807) is 83.1 Å². The standard InChI is InChI=1S/C80H155N11O20/c1-18-19-20-21-22-23-24-25-26-27-28-29-30-31-32-43-69(93)105-65(59-101-61-66(106-71(95)82-45-36-54-90(16)57-40-49-86-75(99)110-79(8,9)10)63-103-68(92)42-33-34-51-88(14)52-38-47-84-73(97)108-77(2,3)4)60-102-62-67(107-72(96)83-46-37-55-91(17)58-41-50-87-76(100)111-80(11,12)13)64-104-70(94)81-44-35-53-89(15)56-39-48-85-74(98)109-78(5,6)7/h65-67H,18-64H2,1-17H3,(H,81,94)(H,82,95)(H,83,96)(H,84,97)(H,85,98)(H,86,99)(H,87,100). The molecule has 0 aliphatic carbocycles. The Labute approximate surface area is 667 Å². The van der Waals surface area contributed by atoms with Crippen LogP contribution < -0.4 is 37.2 Å². The average molecular weight is 1590 g/mol. The zero-order valence-corrected chi connectivity index (χ0v) is 71.9.